The minimum Gasteiger partial charge on any atom is -0.497 e. The number of carbonyl (C=O) groups excluding carboxylic acids is 1. The molecule has 0 aliphatic rings. The van der Waals surface area contributed by atoms with Crippen LogP contribution in [0.4, 0.5) is 0 Å². The van der Waals surface area contributed by atoms with Gasteiger partial charge >= 0.3 is 5.97 Å². The smallest absolute Gasteiger partial charge is 0.336 e. The normalized spacial score (nSPS) is 11.0. The highest BCUT2D eigenvalue weighted by atomic mass is 16.6. The van der Waals surface area contributed by atoms with Crippen LogP contribution >= 0.6 is 0 Å². The van der Waals surface area contributed by atoms with Crippen molar-refractivity contribution in [2.45, 2.75) is 6.92 Å². The Labute approximate surface area is 210 Å². The van der Waals surface area contributed by atoms with Gasteiger partial charge in [-0.1, -0.05) is 12.1 Å². The second kappa shape index (κ2) is 12.7. The van der Waals surface area contributed by atoms with Crippen molar-refractivity contribution in [3.05, 3.63) is 83.4 Å². The third-order valence-corrected chi connectivity index (χ3v) is 5.13. The fourth-order valence-corrected chi connectivity index (χ4v) is 3.34. The zero-order valence-corrected chi connectivity index (χ0v) is 20.6. The molecule has 3 aromatic carbocycles. The molecular formula is C29H27NO6. The average Bonchev–Trinajstić information content (AvgIpc) is 2.92. The third kappa shape index (κ3) is 6.67. The number of benzene rings is 3. The molecule has 0 amide bonds. The minimum absolute atomic E-state index is 0.261. The van der Waals surface area contributed by atoms with E-state index in [0.29, 0.717) is 35.2 Å². The number of hydrogen-bond acceptors (Lipinski definition) is 7. The third-order valence-electron chi connectivity index (χ3n) is 5.13. The van der Waals surface area contributed by atoms with Crippen molar-refractivity contribution in [1.82, 2.24) is 0 Å². The monoisotopic (exact) mass is 485 g/mol. The van der Waals surface area contributed by atoms with E-state index in [0.717, 1.165) is 16.7 Å². The van der Waals surface area contributed by atoms with Crippen LogP contribution < -0.4 is 23.7 Å². The van der Waals surface area contributed by atoms with E-state index in [-0.39, 0.29) is 5.75 Å². The Morgan fingerprint density at radius 2 is 1.47 bits per heavy atom. The summed E-state index contributed by atoms with van der Waals surface area (Å²) in [4.78, 5) is 12.4. The van der Waals surface area contributed by atoms with Crippen LogP contribution in [0.25, 0.3) is 17.7 Å². The highest BCUT2D eigenvalue weighted by molar-refractivity contribution is 5.91. The van der Waals surface area contributed by atoms with Crippen molar-refractivity contribution in [2.75, 3.05) is 27.9 Å². The van der Waals surface area contributed by atoms with Crippen LogP contribution in [0.1, 0.15) is 23.6 Å². The molecule has 0 spiro atoms. The van der Waals surface area contributed by atoms with Gasteiger partial charge in [0.1, 0.15) is 5.75 Å². The van der Waals surface area contributed by atoms with E-state index in [1.165, 1.54) is 13.2 Å². The Morgan fingerprint density at radius 3 is 2.11 bits per heavy atom. The van der Waals surface area contributed by atoms with Crippen LogP contribution in [0.15, 0.2) is 66.7 Å². The molecule has 36 heavy (non-hydrogen) atoms. The predicted octanol–water partition coefficient (Wildman–Crippen LogP) is 5.79. The first-order valence-electron chi connectivity index (χ1n) is 11.2. The molecule has 0 radical (unpaired) electrons. The van der Waals surface area contributed by atoms with E-state index in [1.54, 1.807) is 68.8 Å². The summed E-state index contributed by atoms with van der Waals surface area (Å²) in [5.74, 6) is 1.96. The highest BCUT2D eigenvalue weighted by Crippen LogP contribution is 2.31. The molecule has 0 N–H and O–H groups in total. The lowest BCUT2D eigenvalue weighted by atomic mass is 10.0. The van der Waals surface area contributed by atoms with Gasteiger partial charge in [0, 0.05) is 6.08 Å². The van der Waals surface area contributed by atoms with Gasteiger partial charge in [0.2, 0.25) is 0 Å². The topological polar surface area (TPSA) is 87.0 Å². The van der Waals surface area contributed by atoms with E-state index >= 15 is 0 Å². The number of nitrogens with zero attached hydrogens (tertiary/aromatic N) is 1. The molecule has 3 rings (SSSR count). The number of ether oxygens (including phenoxy) is 5. The Balaban J connectivity index is 1.75. The highest BCUT2D eigenvalue weighted by Gasteiger charge is 2.10. The van der Waals surface area contributed by atoms with Gasteiger partial charge in [0.15, 0.2) is 23.0 Å². The minimum atomic E-state index is -0.569. The Kier molecular flexibility index (Phi) is 9.12. The number of methoxy groups -OCH3 is 3. The fraction of sp³-hybridized carbons (Fsp3) is 0.172. The summed E-state index contributed by atoms with van der Waals surface area (Å²) >= 11 is 0. The summed E-state index contributed by atoms with van der Waals surface area (Å²) in [6.45, 7) is 2.41. The van der Waals surface area contributed by atoms with Crippen LogP contribution in [0, 0.1) is 11.3 Å². The summed E-state index contributed by atoms with van der Waals surface area (Å²) in [6, 6.07) is 19.9. The van der Waals surface area contributed by atoms with Crippen LogP contribution in [0.3, 0.4) is 0 Å². The SMILES string of the molecule is CCOc1ccc(/C=C/C(=O)Oc2ccc(/C=C(/C#N)c3ccc(OC)cc3)cc2OC)cc1OC. The molecule has 0 aliphatic heterocycles. The van der Waals surface area contributed by atoms with E-state index in [2.05, 4.69) is 6.07 Å². The number of nitriles is 1. The first-order valence-corrected chi connectivity index (χ1v) is 11.2. The lowest BCUT2D eigenvalue weighted by Crippen LogP contribution is -2.05. The molecule has 0 bridgehead atoms. The van der Waals surface area contributed by atoms with Gasteiger partial charge in [-0.3, -0.25) is 0 Å². The van der Waals surface area contributed by atoms with Crippen LogP contribution in [0.5, 0.6) is 28.7 Å². The molecule has 0 aromatic heterocycles. The number of rotatable bonds is 10. The Hall–Kier alpha value is -4.70. The predicted molar refractivity (Wildman–Crippen MR) is 138 cm³/mol. The molecule has 0 saturated heterocycles. The number of allylic oxidation sites excluding steroid dienone is 1. The molecular weight excluding hydrogens is 458 g/mol. The van der Waals surface area contributed by atoms with Gasteiger partial charge in [-0.25, -0.2) is 4.79 Å². The summed E-state index contributed by atoms with van der Waals surface area (Å²) < 4.78 is 26.9. The average molecular weight is 486 g/mol. The van der Waals surface area contributed by atoms with E-state index in [4.69, 9.17) is 23.7 Å². The van der Waals surface area contributed by atoms with Crippen molar-refractivity contribution in [2.24, 2.45) is 0 Å². The van der Waals surface area contributed by atoms with Crippen LogP contribution in [0.2, 0.25) is 0 Å². The first-order chi connectivity index (χ1) is 17.5. The van der Waals surface area contributed by atoms with Crippen molar-refractivity contribution < 1.29 is 28.5 Å². The van der Waals surface area contributed by atoms with Crippen LogP contribution in [-0.4, -0.2) is 33.9 Å². The molecule has 7 nitrogen and oxygen atoms in total. The van der Waals surface area contributed by atoms with E-state index < -0.39 is 5.97 Å². The maximum atomic E-state index is 12.4. The molecule has 0 fully saturated rings. The van der Waals surface area contributed by atoms with E-state index in [9.17, 15) is 10.1 Å². The zero-order chi connectivity index (χ0) is 25.9. The van der Waals surface area contributed by atoms with E-state index in [1.807, 2.05) is 25.1 Å². The molecule has 0 unspecified atom stereocenters. The van der Waals surface area contributed by atoms with Crippen LogP contribution in [-0.2, 0) is 4.79 Å². The molecule has 184 valence electrons. The van der Waals surface area contributed by atoms with Crippen molar-refractivity contribution in [3.8, 4) is 34.8 Å². The molecule has 3 aromatic rings. The molecule has 0 saturated carbocycles. The van der Waals surface area contributed by atoms with Gasteiger partial charge < -0.3 is 23.7 Å². The summed E-state index contributed by atoms with van der Waals surface area (Å²) in [7, 11) is 4.63. The lowest BCUT2D eigenvalue weighted by Gasteiger charge is -2.10. The van der Waals surface area contributed by atoms with Gasteiger partial charge in [-0.2, -0.15) is 5.26 Å². The van der Waals surface area contributed by atoms with Gasteiger partial charge in [0.05, 0.1) is 39.6 Å². The Bertz CT molecular complexity index is 1300. The maximum absolute atomic E-state index is 12.4. The van der Waals surface area contributed by atoms with Crippen molar-refractivity contribution >= 4 is 23.7 Å². The fourth-order valence-electron chi connectivity index (χ4n) is 3.34. The lowest BCUT2D eigenvalue weighted by molar-refractivity contribution is -0.129. The second-order valence-corrected chi connectivity index (χ2v) is 7.41. The summed E-state index contributed by atoms with van der Waals surface area (Å²) in [5.41, 5.74) is 2.69. The summed E-state index contributed by atoms with van der Waals surface area (Å²) in [5, 5.41) is 9.62. The van der Waals surface area contributed by atoms with Crippen molar-refractivity contribution in [3.63, 3.8) is 0 Å². The standard InChI is InChI=1S/C29H27NO6/c1-5-35-25-13-6-20(17-27(25)33-3)8-15-29(31)36-26-14-7-21(18-28(26)34-4)16-23(19-30)22-9-11-24(32-2)12-10-22/h6-18H,5H2,1-4H3/b15-8+,23-16-. The molecule has 0 atom stereocenters. The molecule has 0 heterocycles. The first kappa shape index (κ1) is 25.9. The summed E-state index contributed by atoms with van der Waals surface area (Å²) in [6.07, 6.45) is 4.67. The largest absolute Gasteiger partial charge is 0.497 e. The van der Waals surface area contributed by atoms with Crippen molar-refractivity contribution in [1.29, 1.82) is 5.26 Å². The number of esters is 1. The Morgan fingerprint density at radius 1 is 0.833 bits per heavy atom. The molecule has 0 aliphatic carbocycles. The molecule has 7 heteroatoms. The van der Waals surface area contributed by atoms with Gasteiger partial charge in [-0.05, 0) is 84.3 Å². The second-order valence-electron chi connectivity index (χ2n) is 7.41. The number of hydrogen-bond donors (Lipinski definition) is 0. The maximum Gasteiger partial charge on any atom is 0.336 e. The van der Waals surface area contributed by atoms with Gasteiger partial charge in [0.25, 0.3) is 0 Å². The quantitative estimate of drug-likeness (QED) is 0.118. The number of carbonyl (C=O) groups is 1. The zero-order valence-electron chi connectivity index (χ0n) is 20.6. The van der Waals surface area contributed by atoms with Gasteiger partial charge in [-0.15, -0.1) is 0 Å².